The van der Waals surface area contributed by atoms with Crippen LogP contribution in [0.4, 0.5) is 0 Å². The van der Waals surface area contributed by atoms with Crippen molar-refractivity contribution in [2.45, 2.75) is 19.3 Å². The van der Waals surface area contributed by atoms with E-state index in [9.17, 15) is 4.79 Å². The molecule has 0 aromatic rings. The molecule has 2 N–H and O–H groups in total. The van der Waals surface area contributed by atoms with Crippen molar-refractivity contribution in [2.24, 2.45) is 11.7 Å². The highest BCUT2D eigenvalue weighted by atomic mass is 79.9. The first-order valence-corrected chi connectivity index (χ1v) is 4.13. The van der Waals surface area contributed by atoms with Crippen LogP contribution >= 0.6 is 15.9 Å². The van der Waals surface area contributed by atoms with Crippen molar-refractivity contribution in [3.8, 4) is 0 Å². The Morgan fingerprint density at radius 3 is 3.00 bits per heavy atom. The smallest absolute Gasteiger partial charge is 0.218 e. The fraction of sp³-hybridized carbons (Fsp3) is 0.571. The molecule has 2 nitrogen and oxygen atoms in total. The maximum atomic E-state index is 10.5. The molecule has 1 amide bonds. The van der Waals surface area contributed by atoms with Gasteiger partial charge in [-0.25, -0.2) is 0 Å². The highest BCUT2D eigenvalue weighted by Crippen LogP contribution is 2.32. The fourth-order valence-electron chi connectivity index (χ4n) is 1.17. The second-order valence-corrected chi connectivity index (χ2v) is 3.45. The number of carbonyl (C=O) groups excluding carboxylic acids is 1. The van der Waals surface area contributed by atoms with Gasteiger partial charge in [0.15, 0.2) is 0 Å². The summed E-state index contributed by atoms with van der Waals surface area (Å²) in [5.74, 6) is 0.148. The van der Waals surface area contributed by atoms with Gasteiger partial charge >= 0.3 is 0 Å². The number of halogens is 1. The number of amides is 1. The molecule has 10 heavy (non-hydrogen) atoms. The van der Waals surface area contributed by atoms with Gasteiger partial charge in [-0.05, 0) is 23.2 Å². The SMILES string of the molecule is NC(=O)CC1CCC=C1Br. The molecule has 0 aromatic heterocycles. The van der Waals surface area contributed by atoms with Gasteiger partial charge in [0.25, 0.3) is 0 Å². The third kappa shape index (κ3) is 1.84. The maximum Gasteiger partial charge on any atom is 0.218 e. The third-order valence-corrected chi connectivity index (χ3v) is 2.66. The van der Waals surface area contributed by atoms with Gasteiger partial charge in [-0.15, -0.1) is 0 Å². The van der Waals surface area contributed by atoms with Gasteiger partial charge in [-0.1, -0.05) is 22.0 Å². The molecular weight excluding hydrogens is 194 g/mol. The lowest BCUT2D eigenvalue weighted by Gasteiger charge is -2.05. The molecule has 0 saturated carbocycles. The normalized spacial score (nSPS) is 24.5. The summed E-state index contributed by atoms with van der Waals surface area (Å²) in [6.07, 6.45) is 4.72. The molecule has 0 aromatic carbocycles. The van der Waals surface area contributed by atoms with Crippen molar-refractivity contribution in [2.75, 3.05) is 0 Å². The quantitative estimate of drug-likeness (QED) is 0.728. The van der Waals surface area contributed by atoms with Crippen molar-refractivity contribution in [3.05, 3.63) is 10.6 Å². The van der Waals surface area contributed by atoms with Crippen molar-refractivity contribution in [1.29, 1.82) is 0 Å². The zero-order chi connectivity index (χ0) is 7.56. The van der Waals surface area contributed by atoms with Crippen LogP contribution in [0.3, 0.4) is 0 Å². The molecule has 56 valence electrons. The third-order valence-electron chi connectivity index (χ3n) is 1.69. The second-order valence-electron chi connectivity index (χ2n) is 2.53. The molecule has 0 fully saturated rings. The Morgan fingerprint density at radius 1 is 1.90 bits per heavy atom. The van der Waals surface area contributed by atoms with E-state index in [-0.39, 0.29) is 5.91 Å². The first kappa shape index (κ1) is 7.79. The molecule has 0 saturated heterocycles. The average Bonchev–Trinajstić information content (AvgIpc) is 2.15. The van der Waals surface area contributed by atoms with Crippen LogP contribution in [0.2, 0.25) is 0 Å². The Kier molecular flexibility index (Phi) is 2.49. The molecule has 0 spiro atoms. The predicted octanol–water partition coefficient (Wildman–Crippen LogP) is 1.55. The summed E-state index contributed by atoms with van der Waals surface area (Å²) in [4.78, 5) is 10.5. The van der Waals surface area contributed by atoms with E-state index < -0.39 is 0 Å². The Balaban J connectivity index is 2.43. The summed E-state index contributed by atoms with van der Waals surface area (Å²) in [6, 6.07) is 0. The van der Waals surface area contributed by atoms with Gasteiger partial charge in [0, 0.05) is 6.42 Å². The Hall–Kier alpha value is -0.310. The highest BCUT2D eigenvalue weighted by Gasteiger charge is 2.18. The van der Waals surface area contributed by atoms with Crippen LogP contribution in [0.5, 0.6) is 0 Å². The van der Waals surface area contributed by atoms with Crippen LogP contribution in [0, 0.1) is 5.92 Å². The van der Waals surface area contributed by atoms with E-state index in [0.29, 0.717) is 12.3 Å². The van der Waals surface area contributed by atoms with Crippen LogP contribution in [0.25, 0.3) is 0 Å². The van der Waals surface area contributed by atoms with E-state index in [4.69, 9.17) is 5.73 Å². The Bertz CT molecular complexity index is 176. The van der Waals surface area contributed by atoms with E-state index in [1.807, 2.05) is 0 Å². The number of primary amides is 1. The summed E-state index contributed by atoms with van der Waals surface area (Å²) < 4.78 is 1.14. The van der Waals surface area contributed by atoms with Crippen molar-refractivity contribution >= 4 is 21.8 Å². The summed E-state index contributed by atoms with van der Waals surface area (Å²) in [7, 11) is 0. The summed E-state index contributed by atoms with van der Waals surface area (Å²) in [5, 5.41) is 0. The van der Waals surface area contributed by atoms with Crippen molar-refractivity contribution in [3.63, 3.8) is 0 Å². The first-order chi connectivity index (χ1) is 4.70. The van der Waals surface area contributed by atoms with Gasteiger partial charge in [0.2, 0.25) is 5.91 Å². The van der Waals surface area contributed by atoms with Crippen LogP contribution in [-0.4, -0.2) is 5.91 Å². The molecule has 0 radical (unpaired) electrons. The minimum Gasteiger partial charge on any atom is -0.370 e. The standard InChI is InChI=1S/C7H10BrNO/c8-6-3-1-2-5(6)4-7(9)10/h3,5H,1-2,4H2,(H2,9,10). The second kappa shape index (κ2) is 3.19. The first-order valence-electron chi connectivity index (χ1n) is 3.34. The number of allylic oxidation sites excluding steroid dienone is 2. The van der Waals surface area contributed by atoms with Gasteiger partial charge in [-0.2, -0.15) is 0 Å². The maximum absolute atomic E-state index is 10.5. The van der Waals surface area contributed by atoms with Crippen LogP contribution in [0.15, 0.2) is 10.6 Å². The molecule has 0 heterocycles. The lowest BCUT2D eigenvalue weighted by atomic mass is 10.1. The molecule has 0 aliphatic heterocycles. The van der Waals surface area contributed by atoms with Crippen molar-refractivity contribution in [1.82, 2.24) is 0 Å². The monoisotopic (exact) mass is 203 g/mol. The van der Waals surface area contributed by atoms with Gasteiger partial charge < -0.3 is 5.73 Å². The van der Waals surface area contributed by atoms with E-state index >= 15 is 0 Å². The van der Waals surface area contributed by atoms with E-state index in [0.717, 1.165) is 17.3 Å². The number of carbonyl (C=O) groups is 1. The molecule has 1 unspecified atom stereocenters. The van der Waals surface area contributed by atoms with Gasteiger partial charge in [-0.3, -0.25) is 4.79 Å². The zero-order valence-corrected chi connectivity index (χ0v) is 7.23. The molecule has 1 aliphatic rings. The summed E-state index contributed by atoms with van der Waals surface area (Å²) >= 11 is 3.39. The van der Waals surface area contributed by atoms with Crippen molar-refractivity contribution < 1.29 is 4.79 Å². The topological polar surface area (TPSA) is 43.1 Å². The molecule has 0 bridgehead atoms. The summed E-state index contributed by atoms with van der Waals surface area (Å²) in [5.41, 5.74) is 5.05. The van der Waals surface area contributed by atoms with Gasteiger partial charge in [0.1, 0.15) is 0 Å². The molecule has 1 rings (SSSR count). The highest BCUT2D eigenvalue weighted by molar-refractivity contribution is 9.11. The predicted molar refractivity (Wildman–Crippen MR) is 43.5 cm³/mol. The minimum absolute atomic E-state index is 0.211. The van der Waals surface area contributed by atoms with E-state index in [1.165, 1.54) is 0 Å². The average molecular weight is 204 g/mol. The summed E-state index contributed by atoms with van der Waals surface area (Å²) in [6.45, 7) is 0. The number of hydrogen-bond acceptors (Lipinski definition) is 1. The largest absolute Gasteiger partial charge is 0.370 e. The van der Waals surface area contributed by atoms with Crippen LogP contribution in [0.1, 0.15) is 19.3 Å². The fourth-order valence-corrected chi connectivity index (χ4v) is 1.79. The lowest BCUT2D eigenvalue weighted by Crippen LogP contribution is -2.14. The lowest BCUT2D eigenvalue weighted by molar-refractivity contribution is -0.118. The van der Waals surface area contributed by atoms with E-state index in [2.05, 4.69) is 22.0 Å². The zero-order valence-electron chi connectivity index (χ0n) is 5.64. The van der Waals surface area contributed by atoms with Crippen LogP contribution < -0.4 is 5.73 Å². The molecule has 3 heteroatoms. The number of rotatable bonds is 2. The molecule has 1 aliphatic carbocycles. The van der Waals surface area contributed by atoms with Crippen LogP contribution in [-0.2, 0) is 4.79 Å². The Morgan fingerprint density at radius 2 is 2.60 bits per heavy atom. The van der Waals surface area contributed by atoms with E-state index in [1.54, 1.807) is 0 Å². The molecular formula is C7H10BrNO. The minimum atomic E-state index is -0.211. The number of nitrogens with two attached hydrogens (primary N) is 1. The number of hydrogen-bond donors (Lipinski definition) is 1. The molecule has 1 atom stereocenters. The van der Waals surface area contributed by atoms with Gasteiger partial charge in [0.05, 0.1) is 0 Å². The Labute approximate surface area is 68.6 Å².